The highest BCUT2D eigenvalue weighted by atomic mass is 32.2. The highest BCUT2D eigenvalue weighted by molar-refractivity contribution is 7.92. The van der Waals surface area contributed by atoms with Crippen LogP contribution in [0.25, 0.3) is 0 Å². The molecule has 2 unspecified atom stereocenters. The molecule has 0 spiro atoms. The van der Waals surface area contributed by atoms with Crippen LogP contribution in [0.3, 0.4) is 0 Å². The summed E-state index contributed by atoms with van der Waals surface area (Å²) in [5.74, 6) is -1.50. The van der Waals surface area contributed by atoms with Crippen molar-refractivity contribution in [3.63, 3.8) is 0 Å². The summed E-state index contributed by atoms with van der Waals surface area (Å²) in [7, 11) is -3.95. The molecule has 0 aliphatic rings. The molecule has 0 fully saturated rings. The Bertz CT molecular complexity index is 865. The van der Waals surface area contributed by atoms with Crippen molar-refractivity contribution in [1.82, 2.24) is 4.90 Å². The highest BCUT2D eigenvalue weighted by Crippen LogP contribution is 2.24. The fourth-order valence-corrected chi connectivity index (χ4v) is 4.06. The van der Waals surface area contributed by atoms with Gasteiger partial charge in [-0.3, -0.25) is 4.79 Å². The van der Waals surface area contributed by atoms with Crippen LogP contribution in [0.5, 0.6) is 0 Å². The molecule has 0 bridgehead atoms. The second kappa shape index (κ2) is 7.95. The number of carbonyl (C=O) groups excluding carboxylic acids is 1. The smallest absolute Gasteiger partial charge is 0.241 e. The van der Waals surface area contributed by atoms with E-state index in [0.717, 1.165) is 24.3 Å². The Labute approximate surface area is 152 Å². The number of carbonyl (C=O) groups is 1. The normalized spacial score (nSPS) is 13.9. The molecule has 2 aromatic carbocycles. The third kappa shape index (κ3) is 4.09. The van der Waals surface area contributed by atoms with Gasteiger partial charge in [0.05, 0.1) is 10.9 Å². The monoisotopic (exact) mass is 381 g/mol. The first-order chi connectivity index (χ1) is 12.2. The minimum absolute atomic E-state index is 0.106. The van der Waals surface area contributed by atoms with Gasteiger partial charge >= 0.3 is 0 Å². The second-order valence-corrected chi connectivity index (χ2v) is 8.26. The zero-order valence-corrected chi connectivity index (χ0v) is 15.6. The van der Waals surface area contributed by atoms with Gasteiger partial charge in [0.25, 0.3) is 0 Å². The average Bonchev–Trinajstić information content (AvgIpc) is 2.62. The molecule has 0 heterocycles. The van der Waals surface area contributed by atoms with Crippen molar-refractivity contribution in [2.45, 2.75) is 37.0 Å². The van der Waals surface area contributed by atoms with Crippen LogP contribution in [0.15, 0.2) is 53.4 Å². The summed E-state index contributed by atoms with van der Waals surface area (Å²) in [6.07, 6.45) is 0. The fourth-order valence-electron chi connectivity index (χ4n) is 2.74. The molecular weight excluding hydrogens is 360 g/mol. The predicted molar refractivity (Wildman–Crippen MR) is 95.2 cm³/mol. The van der Waals surface area contributed by atoms with Crippen molar-refractivity contribution in [2.75, 3.05) is 6.54 Å². The van der Waals surface area contributed by atoms with Crippen LogP contribution in [0.2, 0.25) is 0 Å². The van der Waals surface area contributed by atoms with Crippen LogP contribution in [-0.4, -0.2) is 31.0 Å². The lowest BCUT2D eigenvalue weighted by molar-refractivity contribution is -0.132. The van der Waals surface area contributed by atoms with Crippen molar-refractivity contribution in [1.29, 1.82) is 0 Å². The van der Waals surface area contributed by atoms with E-state index in [1.165, 1.54) is 24.0 Å². The summed E-state index contributed by atoms with van der Waals surface area (Å²) in [6.45, 7) is 5.11. The molecule has 0 saturated carbocycles. The summed E-state index contributed by atoms with van der Waals surface area (Å²) >= 11 is 0. The van der Waals surface area contributed by atoms with Gasteiger partial charge in [0.2, 0.25) is 5.91 Å². The minimum atomic E-state index is -3.95. The summed E-state index contributed by atoms with van der Waals surface area (Å²) < 4.78 is 51.5. The van der Waals surface area contributed by atoms with Crippen molar-refractivity contribution in [2.24, 2.45) is 0 Å². The second-order valence-electron chi connectivity index (χ2n) is 5.99. The third-order valence-electron chi connectivity index (χ3n) is 4.40. The summed E-state index contributed by atoms with van der Waals surface area (Å²) in [5.41, 5.74) is 0.702. The quantitative estimate of drug-likeness (QED) is 0.717. The Morgan fingerprint density at radius 2 is 1.42 bits per heavy atom. The lowest BCUT2D eigenvalue weighted by Gasteiger charge is -2.30. The minimum Gasteiger partial charge on any atom is -0.335 e. The molecule has 0 aliphatic heterocycles. The summed E-state index contributed by atoms with van der Waals surface area (Å²) in [5, 5.41) is -1.32. The number of nitrogens with zero attached hydrogens (tertiary/aromatic N) is 1. The average molecular weight is 381 g/mol. The van der Waals surface area contributed by atoms with Crippen molar-refractivity contribution in [3.05, 3.63) is 65.7 Å². The molecule has 0 radical (unpaired) electrons. The Balaban J connectivity index is 2.28. The first-order valence-electron chi connectivity index (χ1n) is 8.24. The predicted octanol–water partition coefficient (Wildman–Crippen LogP) is 3.74. The Morgan fingerprint density at radius 1 is 0.962 bits per heavy atom. The van der Waals surface area contributed by atoms with E-state index in [1.807, 2.05) is 0 Å². The maximum atomic E-state index is 13.1. The van der Waals surface area contributed by atoms with Gasteiger partial charge in [-0.05, 0) is 62.7 Å². The Morgan fingerprint density at radius 3 is 1.88 bits per heavy atom. The van der Waals surface area contributed by atoms with Crippen LogP contribution in [-0.2, 0) is 14.6 Å². The molecule has 140 valence electrons. The SMILES string of the molecule is CCN(C(=O)C(C)S(=O)(=O)c1ccc(F)cc1)C(C)c1ccc(F)cc1. The van der Waals surface area contributed by atoms with Crippen LogP contribution >= 0.6 is 0 Å². The molecule has 2 aromatic rings. The number of hydrogen-bond donors (Lipinski definition) is 0. The highest BCUT2D eigenvalue weighted by Gasteiger charge is 2.34. The molecule has 2 atom stereocenters. The first kappa shape index (κ1) is 20.0. The van der Waals surface area contributed by atoms with Crippen LogP contribution in [0.1, 0.15) is 32.4 Å². The van der Waals surface area contributed by atoms with E-state index in [1.54, 1.807) is 26.0 Å². The zero-order chi connectivity index (χ0) is 19.5. The zero-order valence-electron chi connectivity index (χ0n) is 14.8. The van der Waals surface area contributed by atoms with Gasteiger partial charge in [0.15, 0.2) is 9.84 Å². The number of sulfone groups is 1. The van der Waals surface area contributed by atoms with E-state index in [2.05, 4.69) is 0 Å². The molecule has 0 aliphatic carbocycles. The number of hydrogen-bond acceptors (Lipinski definition) is 3. The van der Waals surface area contributed by atoms with Crippen LogP contribution in [0.4, 0.5) is 8.78 Å². The molecule has 1 amide bonds. The van der Waals surface area contributed by atoms with E-state index in [9.17, 15) is 22.0 Å². The van der Waals surface area contributed by atoms with Gasteiger partial charge in [0, 0.05) is 6.54 Å². The molecule has 7 heteroatoms. The van der Waals surface area contributed by atoms with Gasteiger partial charge in [-0.15, -0.1) is 0 Å². The van der Waals surface area contributed by atoms with E-state index in [4.69, 9.17) is 0 Å². The maximum absolute atomic E-state index is 13.1. The first-order valence-corrected chi connectivity index (χ1v) is 9.78. The van der Waals surface area contributed by atoms with E-state index in [-0.39, 0.29) is 10.7 Å². The van der Waals surface area contributed by atoms with E-state index in [0.29, 0.717) is 12.1 Å². The lowest BCUT2D eigenvalue weighted by Crippen LogP contribution is -2.42. The van der Waals surface area contributed by atoms with E-state index < -0.39 is 32.9 Å². The number of halogens is 2. The van der Waals surface area contributed by atoms with Gasteiger partial charge in [0.1, 0.15) is 16.9 Å². The van der Waals surface area contributed by atoms with Crippen LogP contribution < -0.4 is 0 Å². The standard InChI is InChI=1S/C19H21F2NO3S/c1-4-22(13(2)15-5-7-16(20)8-6-15)19(23)14(3)26(24,25)18-11-9-17(21)10-12-18/h5-14H,4H2,1-3H3. The number of benzene rings is 2. The molecular formula is C19H21F2NO3S. The molecule has 26 heavy (non-hydrogen) atoms. The summed E-state index contributed by atoms with van der Waals surface area (Å²) in [6, 6.07) is 9.68. The Hall–Kier alpha value is -2.28. The lowest BCUT2D eigenvalue weighted by atomic mass is 10.1. The molecule has 0 saturated heterocycles. The van der Waals surface area contributed by atoms with Crippen molar-refractivity contribution in [3.8, 4) is 0 Å². The van der Waals surface area contributed by atoms with Crippen LogP contribution in [0, 0.1) is 11.6 Å². The topological polar surface area (TPSA) is 54.5 Å². The number of amides is 1. The maximum Gasteiger partial charge on any atom is 0.241 e. The van der Waals surface area contributed by atoms with E-state index >= 15 is 0 Å². The fraction of sp³-hybridized carbons (Fsp3) is 0.316. The molecule has 4 nitrogen and oxygen atoms in total. The van der Waals surface area contributed by atoms with Gasteiger partial charge in [-0.25, -0.2) is 17.2 Å². The Kier molecular flexibility index (Phi) is 6.13. The molecule has 0 N–H and O–H groups in total. The van der Waals surface area contributed by atoms with Crippen molar-refractivity contribution >= 4 is 15.7 Å². The van der Waals surface area contributed by atoms with Gasteiger partial charge in [-0.1, -0.05) is 12.1 Å². The van der Waals surface area contributed by atoms with Crippen molar-refractivity contribution < 1.29 is 22.0 Å². The summed E-state index contributed by atoms with van der Waals surface area (Å²) in [4.78, 5) is 14.2. The molecule has 2 rings (SSSR count). The van der Waals surface area contributed by atoms with Gasteiger partial charge < -0.3 is 4.90 Å². The molecule has 0 aromatic heterocycles. The third-order valence-corrected chi connectivity index (χ3v) is 6.46. The van der Waals surface area contributed by atoms with Gasteiger partial charge in [-0.2, -0.15) is 0 Å². The number of rotatable bonds is 6. The largest absolute Gasteiger partial charge is 0.335 e.